The molecule has 2 aromatic carbocycles. The maximum atomic E-state index is 10.6. The number of hydrogen-bond donors (Lipinski definition) is 3. The average Bonchev–Trinajstić information content (AvgIpc) is 2.72. The Hall–Kier alpha value is -3.27. The fraction of sp³-hybridized carbons (Fsp3) is 0.333. The van der Waals surface area contributed by atoms with E-state index in [2.05, 4.69) is 5.32 Å². The van der Waals surface area contributed by atoms with Crippen molar-refractivity contribution in [3.63, 3.8) is 0 Å². The summed E-state index contributed by atoms with van der Waals surface area (Å²) < 4.78 is 43.0. The van der Waals surface area contributed by atoms with Crippen molar-refractivity contribution in [2.45, 2.75) is 19.0 Å². The molecule has 0 aliphatic carbocycles. The quantitative estimate of drug-likeness (QED) is 0.457. The number of benzene rings is 2. The smallest absolute Gasteiger partial charge is 0.490 e. The van der Waals surface area contributed by atoms with Gasteiger partial charge in [0.05, 0.1) is 6.42 Å². The minimum atomic E-state index is -5.08. The molecule has 0 saturated heterocycles. The summed E-state index contributed by atoms with van der Waals surface area (Å²) in [6, 6.07) is 17.6. The summed E-state index contributed by atoms with van der Waals surface area (Å²) in [5.41, 5.74) is 1.15. The highest BCUT2D eigenvalue weighted by molar-refractivity contribution is 5.73. The molecule has 0 aliphatic heterocycles. The van der Waals surface area contributed by atoms with Gasteiger partial charge in [-0.05, 0) is 42.8 Å². The average molecular weight is 443 g/mol. The molecule has 7 nitrogen and oxygen atoms in total. The van der Waals surface area contributed by atoms with Crippen LogP contribution < -0.4 is 14.8 Å². The monoisotopic (exact) mass is 443 g/mol. The first-order chi connectivity index (χ1) is 14.7. The largest absolute Gasteiger partial charge is 0.490 e. The molecule has 0 unspecified atom stereocenters. The topological polar surface area (TPSA) is 105 Å². The van der Waals surface area contributed by atoms with Crippen molar-refractivity contribution >= 4 is 11.9 Å². The van der Waals surface area contributed by atoms with Crippen molar-refractivity contribution in [3.05, 3.63) is 60.2 Å². The number of nitrogens with one attached hydrogen (secondary N) is 1. The third-order valence-corrected chi connectivity index (χ3v) is 3.61. The highest BCUT2D eigenvalue weighted by Crippen LogP contribution is 2.14. The van der Waals surface area contributed by atoms with Gasteiger partial charge in [-0.1, -0.05) is 30.3 Å². The zero-order chi connectivity index (χ0) is 23.1. The van der Waals surface area contributed by atoms with E-state index in [-0.39, 0.29) is 6.42 Å². The van der Waals surface area contributed by atoms with E-state index in [1.54, 1.807) is 0 Å². The Labute approximate surface area is 177 Å². The summed E-state index contributed by atoms with van der Waals surface area (Å²) in [4.78, 5) is 19.3. The summed E-state index contributed by atoms with van der Waals surface area (Å²) in [5.74, 6) is -1.89. The molecule has 0 aliphatic rings. The number of rotatable bonds is 11. The third-order valence-electron chi connectivity index (χ3n) is 3.61. The number of aliphatic carboxylic acids is 2. The number of carboxylic acids is 2. The molecule has 170 valence electrons. The number of ether oxygens (including phenoxy) is 2. The molecular formula is C21H24F3NO6. The van der Waals surface area contributed by atoms with Crippen LogP contribution in [-0.4, -0.2) is 54.6 Å². The number of carbonyl (C=O) groups is 2. The van der Waals surface area contributed by atoms with E-state index in [1.807, 2.05) is 54.6 Å². The highest BCUT2D eigenvalue weighted by Gasteiger charge is 2.38. The van der Waals surface area contributed by atoms with Crippen LogP contribution in [-0.2, 0) is 16.0 Å². The van der Waals surface area contributed by atoms with E-state index < -0.39 is 18.1 Å². The van der Waals surface area contributed by atoms with Crippen LogP contribution in [0.3, 0.4) is 0 Å². The van der Waals surface area contributed by atoms with Gasteiger partial charge in [0.15, 0.2) is 0 Å². The van der Waals surface area contributed by atoms with Crippen molar-refractivity contribution in [2.75, 3.05) is 26.3 Å². The third kappa shape index (κ3) is 12.8. The van der Waals surface area contributed by atoms with Gasteiger partial charge in [-0.25, -0.2) is 4.79 Å². The van der Waals surface area contributed by atoms with Crippen LogP contribution in [0, 0.1) is 0 Å². The summed E-state index contributed by atoms with van der Waals surface area (Å²) >= 11 is 0. The van der Waals surface area contributed by atoms with Crippen LogP contribution in [0.2, 0.25) is 0 Å². The van der Waals surface area contributed by atoms with Crippen LogP contribution in [0.4, 0.5) is 13.2 Å². The molecule has 0 heterocycles. The second kappa shape index (κ2) is 13.9. The van der Waals surface area contributed by atoms with Gasteiger partial charge in [-0.15, -0.1) is 0 Å². The summed E-state index contributed by atoms with van der Waals surface area (Å²) in [6.07, 6.45) is -4.11. The maximum absolute atomic E-state index is 10.6. The molecule has 0 spiro atoms. The second-order valence-corrected chi connectivity index (χ2v) is 6.10. The van der Waals surface area contributed by atoms with E-state index in [1.165, 1.54) is 0 Å². The van der Waals surface area contributed by atoms with Gasteiger partial charge in [0.2, 0.25) is 0 Å². The van der Waals surface area contributed by atoms with Crippen LogP contribution in [0.15, 0.2) is 54.6 Å². The number of para-hydroxylation sites is 1. The lowest BCUT2D eigenvalue weighted by atomic mass is 10.1. The van der Waals surface area contributed by atoms with Crippen molar-refractivity contribution < 1.29 is 42.4 Å². The Kier molecular flexibility index (Phi) is 11.5. The van der Waals surface area contributed by atoms with Crippen molar-refractivity contribution in [1.82, 2.24) is 5.32 Å². The fourth-order valence-electron chi connectivity index (χ4n) is 2.18. The molecule has 2 aromatic rings. The molecule has 0 saturated carbocycles. The van der Waals surface area contributed by atoms with Crippen LogP contribution in [0.25, 0.3) is 0 Å². The van der Waals surface area contributed by atoms with Crippen LogP contribution >= 0.6 is 0 Å². The minimum absolute atomic E-state index is 0.143. The molecular weight excluding hydrogens is 419 g/mol. The Balaban J connectivity index is 0.000000592. The van der Waals surface area contributed by atoms with E-state index in [0.29, 0.717) is 19.8 Å². The zero-order valence-corrected chi connectivity index (χ0v) is 16.6. The van der Waals surface area contributed by atoms with Gasteiger partial charge in [0.1, 0.15) is 24.7 Å². The summed E-state index contributed by atoms with van der Waals surface area (Å²) in [5, 5.41) is 18.8. The molecule has 0 atom stereocenters. The SMILES string of the molecule is O=C(O)C(F)(F)F.O=C(O)CCNCCc1cccc(OCCOc2ccccc2)c1. The van der Waals surface area contributed by atoms with E-state index in [9.17, 15) is 18.0 Å². The first-order valence-corrected chi connectivity index (χ1v) is 9.30. The Morgan fingerprint density at radius 3 is 2.03 bits per heavy atom. The summed E-state index contributed by atoms with van der Waals surface area (Å²) in [6.45, 7) is 2.20. The Morgan fingerprint density at radius 1 is 0.871 bits per heavy atom. The lowest BCUT2D eigenvalue weighted by Crippen LogP contribution is -2.21. The molecule has 0 radical (unpaired) electrons. The molecule has 0 fully saturated rings. The van der Waals surface area contributed by atoms with Gasteiger partial charge in [0, 0.05) is 6.54 Å². The molecule has 3 N–H and O–H groups in total. The van der Waals surface area contributed by atoms with Crippen LogP contribution in [0.5, 0.6) is 11.5 Å². The van der Waals surface area contributed by atoms with Crippen molar-refractivity contribution in [3.8, 4) is 11.5 Å². The van der Waals surface area contributed by atoms with Crippen molar-refractivity contribution in [1.29, 1.82) is 0 Å². The zero-order valence-electron chi connectivity index (χ0n) is 16.6. The second-order valence-electron chi connectivity index (χ2n) is 6.10. The molecule has 0 aromatic heterocycles. The van der Waals surface area contributed by atoms with Crippen LogP contribution in [0.1, 0.15) is 12.0 Å². The standard InChI is InChI=1S/C19H23NO4.C2HF3O2/c21-19(22)10-12-20-11-9-16-5-4-8-18(15-16)24-14-13-23-17-6-2-1-3-7-17;3-2(4,5)1(6)7/h1-8,15,20H,9-14H2,(H,21,22);(H,6,7). The fourth-order valence-corrected chi connectivity index (χ4v) is 2.18. The number of alkyl halides is 3. The van der Waals surface area contributed by atoms with Gasteiger partial charge < -0.3 is 25.0 Å². The Bertz CT molecular complexity index is 799. The lowest BCUT2D eigenvalue weighted by Gasteiger charge is -2.10. The molecule has 0 amide bonds. The highest BCUT2D eigenvalue weighted by atomic mass is 19.4. The normalized spacial score (nSPS) is 10.5. The number of halogens is 3. The Morgan fingerprint density at radius 2 is 1.45 bits per heavy atom. The van der Waals surface area contributed by atoms with Gasteiger partial charge in [0.25, 0.3) is 0 Å². The van der Waals surface area contributed by atoms with Gasteiger partial charge in [-0.3, -0.25) is 4.79 Å². The predicted octanol–water partition coefficient (Wildman–Crippen LogP) is 3.38. The van der Waals surface area contributed by atoms with E-state index in [4.69, 9.17) is 24.5 Å². The molecule has 0 bridgehead atoms. The van der Waals surface area contributed by atoms with E-state index in [0.717, 1.165) is 30.0 Å². The first-order valence-electron chi connectivity index (χ1n) is 9.30. The molecule has 2 rings (SSSR count). The molecule has 31 heavy (non-hydrogen) atoms. The predicted molar refractivity (Wildman–Crippen MR) is 106 cm³/mol. The lowest BCUT2D eigenvalue weighted by molar-refractivity contribution is -0.192. The van der Waals surface area contributed by atoms with Gasteiger partial charge in [-0.2, -0.15) is 13.2 Å². The first kappa shape index (κ1) is 25.8. The maximum Gasteiger partial charge on any atom is 0.490 e. The minimum Gasteiger partial charge on any atom is -0.490 e. The number of carboxylic acid groups (broad SMARTS) is 2. The van der Waals surface area contributed by atoms with E-state index >= 15 is 0 Å². The molecule has 10 heteroatoms. The summed E-state index contributed by atoms with van der Waals surface area (Å²) in [7, 11) is 0. The van der Waals surface area contributed by atoms with Gasteiger partial charge >= 0.3 is 18.1 Å². The number of hydrogen-bond acceptors (Lipinski definition) is 5. The van der Waals surface area contributed by atoms with Crippen molar-refractivity contribution in [2.24, 2.45) is 0 Å².